The maximum Gasteiger partial charge on any atom is 0.102 e. The fourth-order valence-corrected chi connectivity index (χ4v) is 7.20. The number of nitrogens with zero attached hydrogens (tertiary/aromatic N) is 2. The predicted molar refractivity (Wildman–Crippen MR) is 189 cm³/mol. The van der Waals surface area contributed by atoms with Crippen molar-refractivity contribution in [3.05, 3.63) is 199 Å². The molecule has 246 valence electrons. The van der Waals surface area contributed by atoms with Gasteiger partial charge in [0, 0.05) is 35.7 Å². The fraction of sp³-hybridized carbons (Fsp3) is 0. The van der Waals surface area contributed by atoms with E-state index in [0.29, 0.717) is 11.4 Å². The van der Waals surface area contributed by atoms with Crippen molar-refractivity contribution in [2.75, 3.05) is 0 Å². The van der Waals surface area contributed by atoms with E-state index >= 15 is 0 Å². The van der Waals surface area contributed by atoms with Gasteiger partial charge in [0.15, 0.2) is 0 Å². The van der Waals surface area contributed by atoms with Crippen molar-refractivity contribution in [3.63, 3.8) is 0 Å². The predicted octanol–water partition coefficient (Wildman–Crippen LogP) is 9.52. The quantitative estimate of drug-likeness (QED) is 0.0980. The Kier molecular flexibility index (Phi) is 15.3. The van der Waals surface area contributed by atoms with Gasteiger partial charge < -0.3 is 9.97 Å². The molecule has 0 bridgehead atoms. The summed E-state index contributed by atoms with van der Waals surface area (Å²) in [7, 11) is 3.76. The van der Waals surface area contributed by atoms with Gasteiger partial charge in [-0.25, -0.2) is 0 Å². The van der Waals surface area contributed by atoms with Gasteiger partial charge in [-0.1, -0.05) is 102 Å². The standard InChI is InChI=1S/C18H15P.2C11H6F2N.ClH.Ir/c1-4-10-16(11-5-1)19(17-12-6-2-7-13-17)18-14-8-3-9-15-18;2*12-8-4-5-9(10(13)7-8)11-3-1-2-6-14-11;;/h1-15H;2*1-4,6-7H;1H;/q;2*-1;;+3. The van der Waals surface area contributed by atoms with Gasteiger partial charge in [0.25, 0.3) is 0 Å². The Hall–Kier alpha value is -4.51. The third-order valence-electron chi connectivity index (χ3n) is 6.75. The molecule has 0 unspecified atom stereocenters. The van der Waals surface area contributed by atoms with Crippen molar-refractivity contribution >= 4 is 33.4 Å². The normalized spacial score (nSPS) is 10.0. The molecule has 0 saturated heterocycles. The second kappa shape index (κ2) is 20.1. The molecule has 9 heteroatoms. The van der Waals surface area contributed by atoms with Gasteiger partial charge >= 0.3 is 27.5 Å². The molecule has 5 aromatic carbocycles. The summed E-state index contributed by atoms with van der Waals surface area (Å²) in [6.07, 6.45) is 3.10. The van der Waals surface area contributed by atoms with Crippen LogP contribution in [0.5, 0.6) is 0 Å². The SMILES string of the molecule is Fc1c[c-]c(-c2ccccn2)c(F)c1.Fc1c[c-]c(-c2ccccn2)c(F)c1.[Cl][Ir+2].c1ccc([PH+](c2ccccc2)c2ccccc2)cc1. The van der Waals surface area contributed by atoms with Crippen LogP contribution in [-0.4, -0.2) is 9.97 Å². The molecule has 0 aliphatic carbocycles. The number of pyridine rings is 2. The smallest absolute Gasteiger partial charge is 0.0620 e. The molecule has 0 fully saturated rings. The second-order valence-electron chi connectivity index (χ2n) is 9.98. The first-order chi connectivity index (χ1) is 24.0. The topological polar surface area (TPSA) is 25.8 Å². The molecule has 0 spiro atoms. The van der Waals surface area contributed by atoms with E-state index in [4.69, 9.17) is 0 Å². The Morgan fingerprint density at radius 3 is 1.08 bits per heavy atom. The fourth-order valence-electron chi connectivity index (χ4n) is 4.62. The van der Waals surface area contributed by atoms with E-state index in [1.807, 2.05) is 0 Å². The van der Waals surface area contributed by atoms with E-state index in [2.05, 4.69) is 123 Å². The van der Waals surface area contributed by atoms with E-state index in [1.165, 1.54) is 33.8 Å². The average molecular weight is 871 g/mol. The molecule has 7 rings (SSSR count). The number of hydrogen-bond donors (Lipinski definition) is 0. The summed E-state index contributed by atoms with van der Waals surface area (Å²) < 4.78 is 51.6. The van der Waals surface area contributed by atoms with Crippen LogP contribution in [-0.2, 0) is 17.9 Å². The Bertz CT molecular complexity index is 1800. The van der Waals surface area contributed by atoms with Crippen molar-refractivity contribution in [2.45, 2.75) is 0 Å². The van der Waals surface area contributed by atoms with Crippen molar-refractivity contribution < 1.29 is 35.5 Å². The summed E-state index contributed by atoms with van der Waals surface area (Å²) in [5.74, 6) is -2.57. The van der Waals surface area contributed by atoms with Crippen molar-refractivity contribution in [1.82, 2.24) is 9.97 Å². The van der Waals surface area contributed by atoms with Gasteiger partial charge in [0.2, 0.25) is 0 Å². The maximum absolute atomic E-state index is 13.2. The first kappa shape index (κ1) is 37.3. The Morgan fingerprint density at radius 2 is 0.796 bits per heavy atom. The minimum atomic E-state index is -0.877. The molecular weight excluding hydrogens is 843 g/mol. The monoisotopic (exact) mass is 871 g/mol. The maximum atomic E-state index is 13.2. The van der Waals surface area contributed by atoms with Gasteiger partial charge in [0.05, 0.1) is 7.92 Å². The zero-order chi connectivity index (χ0) is 34.8. The van der Waals surface area contributed by atoms with E-state index < -0.39 is 31.2 Å². The number of benzene rings is 5. The molecule has 0 radical (unpaired) electrons. The van der Waals surface area contributed by atoms with Crippen LogP contribution < -0.4 is 15.9 Å². The summed E-state index contributed by atoms with van der Waals surface area (Å²) >= 11 is 1.47. The van der Waals surface area contributed by atoms with Crippen LogP contribution in [0.1, 0.15) is 0 Å². The molecule has 0 atom stereocenters. The third-order valence-corrected chi connectivity index (χ3v) is 9.48. The van der Waals surface area contributed by atoms with Crippen molar-refractivity contribution in [1.29, 1.82) is 0 Å². The number of rotatable bonds is 5. The molecule has 2 heterocycles. The number of halogens is 5. The molecular formula is C40H28ClF4IrN2P+. The largest absolute Gasteiger partial charge is 0.102 e. The molecule has 7 aromatic rings. The molecule has 0 aliphatic rings. The van der Waals surface area contributed by atoms with E-state index in [0.717, 1.165) is 24.3 Å². The Balaban J connectivity index is 0.000000164. The second-order valence-corrected chi connectivity index (χ2v) is 12.5. The summed E-state index contributed by atoms with van der Waals surface area (Å²) in [6, 6.07) is 51.6. The van der Waals surface area contributed by atoms with Gasteiger partial charge in [0.1, 0.15) is 15.9 Å². The summed E-state index contributed by atoms with van der Waals surface area (Å²) in [5, 5.41) is 4.31. The van der Waals surface area contributed by atoms with Crippen LogP contribution in [0.2, 0.25) is 0 Å². The minimum Gasteiger partial charge on any atom is -0.0620 e. The molecule has 0 aliphatic heterocycles. The van der Waals surface area contributed by atoms with E-state index in [-0.39, 0.29) is 11.1 Å². The van der Waals surface area contributed by atoms with Crippen LogP contribution in [0, 0.1) is 35.4 Å². The van der Waals surface area contributed by atoms with Crippen LogP contribution in [0.3, 0.4) is 0 Å². The Morgan fingerprint density at radius 1 is 0.469 bits per heavy atom. The van der Waals surface area contributed by atoms with Crippen molar-refractivity contribution in [3.8, 4) is 22.5 Å². The number of hydrogen-bond acceptors (Lipinski definition) is 2. The molecule has 0 amide bonds. The molecule has 0 N–H and O–H groups in total. The van der Waals surface area contributed by atoms with Gasteiger partial charge in [-0.05, 0) is 59.9 Å². The zero-order valence-electron chi connectivity index (χ0n) is 25.7. The van der Waals surface area contributed by atoms with Gasteiger partial charge in [-0.15, -0.1) is 24.3 Å². The molecule has 49 heavy (non-hydrogen) atoms. The van der Waals surface area contributed by atoms with Gasteiger partial charge in [-0.2, -0.15) is 0 Å². The molecule has 0 saturated carbocycles. The van der Waals surface area contributed by atoms with Gasteiger partial charge in [-0.3, -0.25) is 17.6 Å². The van der Waals surface area contributed by atoms with E-state index in [9.17, 15) is 17.6 Å². The minimum absolute atomic E-state index is 0.187. The summed E-state index contributed by atoms with van der Waals surface area (Å²) in [6.45, 7) is 0. The molecule has 2 nitrogen and oxygen atoms in total. The molecule has 2 aromatic heterocycles. The van der Waals surface area contributed by atoms with Crippen molar-refractivity contribution in [2.24, 2.45) is 0 Å². The summed E-state index contributed by atoms with van der Waals surface area (Å²) in [4.78, 5) is 7.89. The Labute approximate surface area is 299 Å². The van der Waals surface area contributed by atoms with Crippen LogP contribution in [0.4, 0.5) is 17.6 Å². The third kappa shape index (κ3) is 11.3. The number of aromatic nitrogens is 2. The first-order valence-electron chi connectivity index (χ1n) is 14.7. The van der Waals surface area contributed by atoms with Crippen LogP contribution in [0.25, 0.3) is 22.5 Å². The van der Waals surface area contributed by atoms with Crippen LogP contribution >= 0.6 is 17.5 Å². The van der Waals surface area contributed by atoms with Crippen LogP contribution in [0.15, 0.2) is 164 Å². The zero-order valence-corrected chi connectivity index (χ0v) is 29.9. The van der Waals surface area contributed by atoms with E-state index in [1.54, 1.807) is 48.8 Å². The average Bonchev–Trinajstić information content (AvgIpc) is 3.15. The first-order valence-corrected chi connectivity index (χ1v) is 19.2. The summed E-state index contributed by atoms with van der Waals surface area (Å²) in [5.41, 5.74) is 1.27.